The van der Waals surface area contributed by atoms with E-state index in [1.165, 1.54) is 6.07 Å². The lowest BCUT2D eigenvalue weighted by atomic mass is 9.94. The molecule has 0 aliphatic heterocycles. The first-order valence-corrected chi connectivity index (χ1v) is 8.66. The Balaban J connectivity index is 1.69. The van der Waals surface area contributed by atoms with Gasteiger partial charge >= 0.3 is 6.18 Å². The standard InChI is InChI=1S/C21H16F3N3O/c22-21(23,24)19-11-5-6-13(26-19)12-17(25)14-7-1-2-8-15(14)20-16-9-3-4-10-18(16)28-27-20/h1-11,17H,12,25H2. The molecule has 7 heteroatoms. The van der Waals surface area contributed by atoms with Crippen LogP contribution >= 0.6 is 0 Å². The van der Waals surface area contributed by atoms with E-state index in [4.69, 9.17) is 10.3 Å². The molecule has 0 saturated carbocycles. The lowest BCUT2D eigenvalue weighted by Crippen LogP contribution is -2.17. The topological polar surface area (TPSA) is 64.9 Å². The van der Waals surface area contributed by atoms with Gasteiger partial charge in [-0.3, -0.25) is 0 Å². The van der Waals surface area contributed by atoms with Gasteiger partial charge in [-0.25, -0.2) is 4.98 Å². The van der Waals surface area contributed by atoms with E-state index in [9.17, 15) is 13.2 Å². The number of benzene rings is 2. The first-order chi connectivity index (χ1) is 13.4. The van der Waals surface area contributed by atoms with Gasteiger partial charge in [-0.2, -0.15) is 13.2 Å². The van der Waals surface area contributed by atoms with Crippen molar-refractivity contribution in [1.82, 2.24) is 10.1 Å². The van der Waals surface area contributed by atoms with Crippen LogP contribution in [-0.2, 0) is 12.6 Å². The van der Waals surface area contributed by atoms with E-state index >= 15 is 0 Å². The monoisotopic (exact) mass is 383 g/mol. The van der Waals surface area contributed by atoms with Gasteiger partial charge in [0.05, 0.1) is 0 Å². The van der Waals surface area contributed by atoms with Crippen molar-refractivity contribution in [3.8, 4) is 11.3 Å². The Labute approximate surface area is 158 Å². The van der Waals surface area contributed by atoms with Crippen LogP contribution in [0.4, 0.5) is 13.2 Å². The zero-order valence-electron chi connectivity index (χ0n) is 14.6. The number of para-hydroxylation sites is 1. The molecular formula is C21H16F3N3O. The number of rotatable bonds is 4. The van der Waals surface area contributed by atoms with Crippen molar-refractivity contribution in [3.63, 3.8) is 0 Å². The summed E-state index contributed by atoms with van der Waals surface area (Å²) in [5.41, 5.74) is 8.57. The third-order valence-electron chi connectivity index (χ3n) is 4.52. The molecule has 4 nitrogen and oxygen atoms in total. The molecule has 0 spiro atoms. The molecule has 4 rings (SSSR count). The lowest BCUT2D eigenvalue weighted by Gasteiger charge is -2.16. The van der Waals surface area contributed by atoms with Crippen molar-refractivity contribution < 1.29 is 17.7 Å². The van der Waals surface area contributed by atoms with Crippen LogP contribution in [0, 0.1) is 0 Å². The highest BCUT2D eigenvalue weighted by molar-refractivity contribution is 5.92. The van der Waals surface area contributed by atoms with Crippen molar-refractivity contribution in [3.05, 3.63) is 83.7 Å². The maximum Gasteiger partial charge on any atom is 0.433 e. The number of hydrogen-bond donors (Lipinski definition) is 1. The summed E-state index contributed by atoms with van der Waals surface area (Å²) in [6.45, 7) is 0. The number of nitrogens with zero attached hydrogens (tertiary/aromatic N) is 2. The van der Waals surface area contributed by atoms with E-state index in [2.05, 4.69) is 10.1 Å². The molecule has 1 unspecified atom stereocenters. The second-order valence-corrected chi connectivity index (χ2v) is 6.44. The van der Waals surface area contributed by atoms with Gasteiger partial charge in [0.15, 0.2) is 5.58 Å². The fraction of sp³-hybridized carbons (Fsp3) is 0.143. The summed E-state index contributed by atoms with van der Waals surface area (Å²) >= 11 is 0. The fourth-order valence-corrected chi connectivity index (χ4v) is 3.20. The van der Waals surface area contributed by atoms with E-state index in [1.54, 1.807) is 6.07 Å². The van der Waals surface area contributed by atoms with E-state index in [1.807, 2.05) is 48.5 Å². The van der Waals surface area contributed by atoms with E-state index in [-0.39, 0.29) is 12.1 Å². The number of halogens is 3. The molecule has 28 heavy (non-hydrogen) atoms. The number of nitrogens with two attached hydrogens (primary N) is 1. The Morgan fingerprint density at radius 1 is 0.929 bits per heavy atom. The van der Waals surface area contributed by atoms with Crippen LogP contribution in [0.25, 0.3) is 22.2 Å². The van der Waals surface area contributed by atoms with Gasteiger partial charge in [0, 0.05) is 29.1 Å². The molecule has 0 saturated heterocycles. The lowest BCUT2D eigenvalue weighted by molar-refractivity contribution is -0.141. The van der Waals surface area contributed by atoms with Crippen LogP contribution in [0.1, 0.15) is 23.0 Å². The van der Waals surface area contributed by atoms with Crippen molar-refractivity contribution in [2.24, 2.45) is 5.73 Å². The zero-order valence-corrected chi connectivity index (χ0v) is 14.6. The Hall–Kier alpha value is -3.19. The summed E-state index contributed by atoms with van der Waals surface area (Å²) < 4.78 is 44.1. The smallest absolute Gasteiger partial charge is 0.356 e. The molecule has 2 N–H and O–H groups in total. The average molecular weight is 383 g/mol. The van der Waals surface area contributed by atoms with E-state index < -0.39 is 17.9 Å². The highest BCUT2D eigenvalue weighted by Gasteiger charge is 2.32. The Morgan fingerprint density at radius 2 is 1.68 bits per heavy atom. The van der Waals surface area contributed by atoms with Crippen LogP contribution in [0.5, 0.6) is 0 Å². The van der Waals surface area contributed by atoms with Crippen molar-refractivity contribution in [2.75, 3.05) is 0 Å². The van der Waals surface area contributed by atoms with Gasteiger partial charge in [-0.15, -0.1) is 0 Å². The summed E-state index contributed by atoms with van der Waals surface area (Å²) in [7, 11) is 0. The quantitative estimate of drug-likeness (QED) is 0.529. The van der Waals surface area contributed by atoms with Crippen LogP contribution < -0.4 is 5.73 Å². The molecule has 4 aromatic rings. The summed E-state index contributed by atoms with van der Waals surface area (Å²) in [5.74, 6) is 0. The SMILES string of the molecule is NC(Cc1cccc(C(F)(F)F)n1)c1ccccc1-c1noc2ccccc12. The van der Waals surface area contributed by atoms with Crippen LogP contribution in [0.2, 0.25) is 0 Å². The Kier molecular flexibility index (Phi) is 4.60. The third kappa shape index (κ3) is 3.48. The Bertz CT molecular complexity index is 1120. The largest absolute Gasteiger partial charge is 0.433 e. The fourth-order valence-electron chi connectivity index (χ4n) is 3.20. The number of alkyl halides is 3. The van der Waals surface area contributed by atoms with Crippen molar-refractivity contribution >= 4 is 11.0 Å². The molecule has 0 fully saturated rings. The number of pyridine rings is 1. The third-order valence-corrected chi connectivity index (χ3v) is 4.52. The van der Waals surface area contributed by atoms with Crippen LogP contribution in [-0.4, -0.2) is 10.1 Å². The molecule has 1 atom stereocenters. The maximum absolute atomic E-state index is 12.9. The minimum atomic E-state index is -4.49. The van der Waals surface area contributed by atoms with Gasteiger partial charge in [0.25, 0.3) is 0 Å². The minimum absolute atomic E-state index is 0.163. The van der Waals surface area contributed by atoms with Gasteiger partial charge in [0.1, 0.15) is 11.4 Å². The van der Waals surface area contributed by atoms with Crippen molar-refractivity contribution in [2.45, 2.75) is 18.6 Å². The second kappa shape index (κ2) is 7.09. The molecule has 0 aliphatic rings. The first-order valence-electron chi connectivity index (χ1n) is 8.66. The predicted octanol–water partition coefficient (Wildman–Crippen LogP) is 5.15. The van der Waals surface area contributed by atoms with Gasteiger partial charge < -0.3 is 10.3 Å². The molecule has 0 radical (unpaired) electrons. The zero-order chi connectivity index (χ0) is 19.7. The normalized spacial score (nSPS) is 13.0. The maximum atomic E-state index is 12.9. The molecule has 0 amide bonds. The minimum Gasteiger partial charge on any atom is -0.356 e. The Morgan fingerprint density at radius 3 is 2.50 bits per heavy atom. The highest BCUT2D eigenvalue weighted by atomic mass is 19.4. The molecule has 142 valence electrons. The van der Waals surface area contributed by atoms with E-state index in [0.29, 0.717) is 11.3 Å². The van der Waals surface area contributed by atoms with E-state index in [0.717, 1.165) is 22.6 Å². The van der Waals surface area contributed by atoms with Gasteiger partial charge in [0.2, 0.25) is 0 Å². The second-order valence-electron chi connectivity index (χ2n) is 6.44. The molecular weight excluding hydrogens is 367 g/mol. The van der Waals surface area contributed by atoms with Crippen molar-refractivity contribution in [1.29, 1.82) is 0 Å². The summed E-state index contributed by atoms with van der Waals surface area (Å²) in [4.78, 5) is 3.71. The predicted molar refractivity (Wildman–Crippen MR) is 99.3 cm³/mol. The average Bonchev–Trinajstić information content (AvgIpc) is 3.11. The number of hydrogen-bond acceptors (Lipinski definition) is 4. The molecule has 0 aliphatic carbocycles. The van der Waals surface area contributed by atoms with Crippen LogP contribution in [0.15, 0.2) is 71.3 Å². The highest BCUT2D eigenvalue weighted by Crippen LogP contribution is 2.33. The molecule has 2 aromatic heterocycles. The molecule has 0 bridgehead atoms. The molecule has 2 aromatic carbocycles. The first kappa shape index (κ1) is 18.2. The molecule has 2 heterocycles. The summed E-state index contributed by atoms with van der Waals surface area (Å²) in [5, 5.41) is 5.01. The summed E-state index contributed by atoms with van der Waals surface area (Å²) in [6, 6.07) is 18.2. The van der Waals surface area contributed by atoms with Gasteiger partial charge in [-0.05, 0) is 29.8 Å². The summed E-state index contributed by atoms with van der Waals surface area (Å²) in [6.07, 6.45) is -4.33. The van der Waals surface area contributed by atoms with Gasteiger partial charge in [-0.1, -0.05) is 47.6 Å². The van der Waals surface area contributed by atoms with Crippen LogP contribution in [0.3, 0.4) is 0 Å². The number of aromatic nitrogens is 2. The number of fused-ring (bicyclic) bond motifs is 1.